The van der Waals surface area contributed by atoms with Crippen LogP contribution in [0.3, 0.4) is 0 Å². The Hall–Kier alpha value is -4.58. The summed E-state index contributed by atoms with van der Waals surface area (Å²) in [4.78, 5) is 44.7. The average Bonchev–Trinajstić information content (AvgIpc) is 3.70. The van der Waals surface area contributed by atoms with E-state index in [1.54, 1.807) is 17.0 Å². The lowest BCUT2D eigenvalue weighted by Crippen LogP contribution is -2.42. The van der Waals surface area contributed by atoms with Gasteiger partial charge in [0.1, 0.15) is 34.4 Å². The van der Waals surface area contributed by atoms with Crippen molar-refractivity contribution in [3.05, 3.63) is 72.4 Å². The Kier molecular flexibility index (Phi) is 8.92. The topological polar surface area (TPSA) is 125 Å². The highest BCUT2D eigenvalue weighted by Crippen LogP contribution is 2.47. The summed E-state index contributed by atoms with van der Waals surface area (Å²) in [7, 11) is 0. The van der Waals surface area contributed by atoms with Crippen LogP contribution < -0.4 is 26.0 Å². The number of likely N-dealkylation sites (tertiary alicyclic amines) is 1. The second-order valence-corrected chi connectivity index (χ2v) is 12.0. The van der Waals surface area contributed by atoms with E-state index in [-0.39, 0.29) is 17.5 Å². The first-order chi connectivity index (χ1) is 21.8. The number of rotatable bonds is 9. The van der Waals surface area contributed by atoms with E-state index in [2.05, 4.69) is 26.3 Å². The summed E-state index contributed by atoms with van der Waals surface area (Å²) in [6.07, 6.45) is 7.72. The van der Waals surface area contributed by atoms with E-state index in [9.17, 15) is 23.2 Å². The molecule has 1 unspecified atom stereocenters. The first-order valence-electron chi connectivity index (χ1n) is 15.4. The number of nitrogens with one attached hydrogen (secondary N) is 4. The Bertz CT molecular complexity index is 1550. The van der Waals surface area contributed by atoms with Crippen molar-refractivity contribution >= 4 is 35.0 Å². The number of carbonyl (C=O) groups is 3. The Morgan fingerprint density at radius 3 is 2.33 bits per heavy atom. The molecule has 3 heterocycles. The molecule has 6 rings (SSSR count). The number of piperidine rings is 1. The minimum absolute atomic E-state index is 0.0980. The van der Waals surface area contributed by atoms with Crippen LogP contribution in [0, 0.1) is 23.0 Å². The zero-order valence-electron chi connectivity index (χ0n) is 24.8. The monoisotopic (exact) mass is 618 g/mol. The highest BCUT2D eigenvalue weighted by Gasteiger charge is 2.56. The fourth-order valence-corrected chi connectivity index (χ4v) is 5.97. The summed E-state index contributed by atoms with van der Waals surface area (Å²) in [6.45, 7) is 2.49. The molecule has 1 aliphatic carbocycles. The molecule has 0 spiro atoms. The lowest BCUT2D eigenvalue weighted by Gasteiger charge is -2.33. The molecule has 0 bridgehead atoms. The molecular weight excluding hydrogens is 582 g/mol. The number of aromatic nitrogens is 1. The van der Waals surface area contributed by atoms with Gasteiger partial charge in [-0.25, -0.2) is 18.6 Å². The van der Waals surface area contributed by atoms with Gasteiger partial charge in [-0.2, -0.15) is 0 Å². The molecule has 12 heteroatoms. The summed E-state index contributed by atoms with van der Waals surface area (Å²) in [5.41, 5.74) is -1.06. The molecule has 2 aliphatic heterocycles. The van der Waals surface area contributed by atoms with Crippen LogP contribution in [0.5, 0.6) is 11.5 Å². The molecule has 4 amide bonds. The van der Waals surface area contributed by atoms with Crippen LogP contribution in [0.15, 0.2) is 60.8 Å². The van der Waals surface area contributed by atoms with Crippen LogP contribution in [0.2, 0.25) is 0 Å². The Morgan fingerprint density at radius 1 is 0.911 bits per heavy atom. The molecule has 236 valence electrons. The third-order valence-electron chi connectivity index (χ3n) is 8.79. The number of nitrogens with zero attached hydrogens (tertiary/aromatic N) is 2. The Balaban J connectivity index is 1.00. The molecule has 10 nitrogen and oxygen atoms in total. The highest BCUT2D eigenvalue weighted by molar-refractivity contribution is 6.16. The molecule has 2 saturated heterocycles. The summed E-state index contributed by atoms with van der Waals surface area (Å²) in [6, 6.07) is 12.7. The van der Waals surface area contributed by atoms with Crippen LogP contribution in [0.4, 0.5) is 30.8 Å². The normalized spacial score (nSPS) is 19.1. The molecule has 45 heavy (non-hydrogen) atoms. The molecule has 3 aromatic rings. The maximum absolute atomic E-state index is 15.0. The first kappa shape index (κ1) is 30.4. The van der Waals surface area contributed by atoms with Gasteiger partial charge in [0, 0.05) is 43.1 Å². The second-order valence-electron chi connectivity index (χ2n) is 12.0. The third-order valence-corrected chi connectivity index (χ3v) is 8.79. The van der Waals surface area contributed by atoms with Crippen molar-refractivity contribution in [1.82, 2.24) is 15.2 Å². The Morgan fingerprint density at radius 2 is 1.64 bits per heavy atom. The first-order valence-corrected chi connectivity index (χ1v) is 15.4. The van der Waals surface area contributed by atoms with E-state index in [1.807, 2.05) is 0 Å². The van der Waals surface area contributed by atoms with E-state index in [1.165, 1.54) is 61.9 Å². The van der Waals surface area contributed by atoms with Crippen molar-refractivity contribution in [3.8, 4) is 11.5 Å². The SMILES string of the molecule is O=C(Nc1cc(Oc2ccc(NC(=O)C3(C(=O)Nc4ccc(F)cc4)CC3)c(F)c2)ccn1)N1CCC(CC2CCCN2)CC1. The summed E-state index contributed by atoms with van der Waals surface area (Å²) >= 11 is 0. The van der Waals surface area contributed by atoms with Gasteiger partial charge in [-0.3, -0.25) is 14.9 Å². The lowest BCUT2D eigenvalue weighted by atomic mass is 9.90. The minimum Gasteiger partial charge on any atom is -0.457 e. The van der Waals surface area contributed by atoms with Crippen molar-refractivity contribution in [2.45, 2.75) is 51.0 Å². The second kappa shape index (κ2) is 13.2. The number of amides is 4. The number of pyridine rings is 1. The number of halogens is 2. The van der Waals surface area contributed by atoms with E-state index in [0.717, 1.165) is 25.5 Å². The van der Waals surface area contributed by atoms with E-state index >= 15 is 0 Å². The van der Waals surface area contributed by atoms with Crippen LogP contribution in [-0.2, 0) is 9.59 Å². The molecule has 3 aliphatic rings. The average molecular weight is 619 g/mol. The minimum atomic E-state index is -1.32. The standard InChI is InChI=1S/C33H36F2N6O4/c34-22-3-5-23(6-4-22)38-30(42)33(12-13-33)31(43)39-28-8-7-25(19-27(28)35)45-26-9-15-37-29(20-26)40-32(44)41-16-10-21(11-17-41)18-24-2-1-14-36-24/h3-9,15,19-21,24,36H,1-2,10-14,16-18H2,(H,38,42)(H,39,43)(H,37,40,44). The number of hydrogen-bond donors (Lipinski definition) is 4. The van der Waals surface area contributed by atoms with E-state index in [4.69, 9.17) is 4.74 Å². The van der Waals surface area contributed by atoms with Crippen molar-refractivity contribution in [2.75, 3.05) is 35.6 Å². The fraction of sp³-hybridized carbons (Fsp3) is 0.394. The lowest BCUT2D eigenvalue weighted by molar-refractivity contribution is -0.131. The quantitative estimate of drug-likeness (QED) is 0.222. The van der Waals surface area contributed by atoms with Gasteiger partial charge in [0.2, 0.25) is 11.8 Å². The number of urea groups is 1. The Labute approximate surface area is 259 Å². The van der Waals surface area contributed by atoms with Crippen LogP contribution in [0.1, 0.15) is 44.9 Å². The van der Waals surface area contributed by atoms with Crippen LogP contribution in [-0.4, -0.2) is 53.4 Å². The molecular formula is C33H36F2N6O4. The van der Waals surface area contributed by atoms with Gasteiger partial charge < -0.3 is 25.6 Å². The van der Waals surface area contributed by atoms with Crippen LogP contribution in [0.25, 0.3) is 0 Å². The largest absolute Gasteiger partial charge is 0.457 e. The number of carbonyl (C=O) groups excluding carboxylic acids is 3. The maximum Gasteiger partial charge on any atom is 0.323 e. The molecule has 4 N–H and O–H groups in total. The predicted molar refractivity (Wildman–Crippen MR) is 165 cm³/mol. The molecule has 1 atom stereocenters. The fourth-order valence-electron chi connectivity index (χ4n) is 5.97. The molecule has 1 aromatic heterocycles. The van der Waals surface area contributed by atoms with Crippen molar-refractivity contribution in [2.24, 2.45) is 11.3 Å². The molecule has 1 saturated carbocycles. The number of benzene rings is 2. The number of hydrogen-bond acceptors (Lipinski definition) is 6. The van der Waals surface area contributed by atoms with Gasteiger partial charge in [-0.1, -0.05) is 0 Å². The van der Waals surface area contributed by atoms with Gasteiger partial charge in [0.05, 0.1) is 5.69 Å². The van der Waals surface area contributed by atoms with Gasteiger partial charge in [-0.15, -0.1) is 0 Å². The van der Waals surface area contributed by atoms with Gasteiger partial charge >= 0.3 is 6.03 Å². The summed E-state index contributed by atoms with van der Waals surface area (Å²) in [5.74, 6) is -0.899. The van der Waals surface area contributed by atoms with E-state index < -0.39 is 28.9 Å². The van der Waals surface area contributed by atoms with Gasteiger partial charge in [0.25, 0.3) is 0 Å². The third kappa shape index (κ3) is 7.39. The van der Waals surface area contributed by atoms with Gasteiger partial charge in [-0.05, 0) is 99.9 Å². The van der Waals surface area contributed by atoms with Crippen LogP contribution >= 0.6 is 0 Å². The highest BCUT2D eigenvalue weighted by atomic mass is 19.1. The molecule has 2 aromatic carbocycles. The zero-order chi connectivity index (χ0) is 31.4. The number of ether oxygens (including phenoxy) is 1. The summed E-state index contributed by atoms with van der Waals surface area (Å²) < 4.78 is 34.0. The van der Waals surface area contributed by atoms with Crippen molar-refractivity contribution < 1.29 is 27.9 Å². The number of anilines is 3. The molecule has 3 fully saturated rings. The smallest absolute Gasteiger partial charge is 0.323 e. The van der Waals surface area contributed by atoms with Crippen molar-refractivity contribution in [1.29, 1.82) is 0 Å². The zero-order valence-corrected chi connectivity index (χ0v) is 24.8. The van der Waals surface area contributed by atoms with E-state index in [0.29, 0.717) is 55.1 Å². The van der Waals surface area contributed by atoms with Gasteiger partial charge in [0.15, 0.2) is 0 Å². The predicted octanol–water partition coefficient (Wildman–Crippen LogP) is 5.90. The molecule has 0 radical (unpaired) electrons. The van der Waals surface area contributed by atoms with Crippen molar-refractivity contribution in [3.63, 3.8) is 0 Å². The maximum atomic E-state index is 15.0. The summed E-state index contributed by atoms with van der Waals surface area (Å²) in [5, 5.41) is 11.5.